The van der Waals surface area contributed by atoms with Crippen LogP contribution in [0.1, 0.15) is 36.1 Å². The summed E-state index contributed by atoms with van der Waals surface area (Å²) in [6.45, 7) is 9.19. The van der Waals surface area contributed by atoms with Crippen molar-refractivity contribution in [1.82, 2.24) is 9.13 Å². The van der Waals surface area contributed by atoms with Crippen molar-refractivity contribution in [3.8, 4) is 55.9 Å². The Kier molecular flexibility index (Phi) is 10.00. The number of hydrogen-bond donors (Lipinski definition) is 0. The average Bonchev–Trinajstić information content (AvgIpc) is 4.04. The van der Waals surface area contributed by atoms with Crippen LogP contribution in [0, 0.1) is 13.8 Å². The molecule has 0 radical (unpaired) electrons. The van der Waals surface area contributed by atoms with Gasteiger partial charge in [0.15, 0.2) is 0 Å². The standard InChI is InChI=1S/C71H53N3/c1-46-17-14-18-47(2)70(46)52-33-40-69-63(43-52)62-27-10-13-30-68(62)73(69)55-24-16-21-51(42-55)50-20-15-19-49(41-50)48-31-34-54(35-32-48)72(53-22-6-5-7-23-53)56-36-38-58-59-39-37-57(45-65(59)71(3,4)64(58)44-56)74-66-28-11-8-25-60(66)61-26-9-12-29-67(61)74/h5-45H,1-4H3. The van der Waals surface area contributed by atoms with Gasteiger partial charge in [-0.05, 0) is 178 Å². The van der Waals surface area contributed by atoms with Crippen LogP contribution in [0.5, 0.6) is 0 Å². The fourth-order valence-electron chi connectivity index (χ4n) is 12.4. The molecule has 2 aromatic heterocycles. The van der Waals surface area contributed by atoms with Crippen LogP contribution >= 0.6 is 0 Å². The minimum atomic E-state index is -0.221. The number of hydrogen-bond acceptors (Lipinski definition) is 1. The molecule has 0 aliphatic heterocycles. The van der Waals surface area contributed by atoms with E-state index in [1.165, 1.54) is 116 Å². The summed E-state index contributed by atoms with van der Waals surface area (Å²) >= 11 is 0. The lowest BCUT2D eigenvalue weighted by Crippen LogP contribution is -2.17. The number of fused-ring (bicyclic) bond motifs is 9. The molecule has 3 heteroatoms. The highest BCUT2D eigenvalue weighted by Gasteiger charge is 2.36. The van der Waals surface area contributed by atoms with Gasteiger partial charge in [0.2, 0.25) is 0 Å². The highest BCUT2D eigenvalue weighted by Crippen LogP contribution is 2.52. The Hall–Kier alpha value is -9.18. The van der Waals surface area contributed by atoms with E-state index in [-0.39, 0.29) is 5.41 Å². The van der Waals surface area contributed by atoms with Crippen LogP contribution in [0.15, 0.2) is 249 Å². The maximum absolute atomic E-state index is 2.43. The summed E-state index contributed by atoms with van der Waals surface area (Å²) < 4.78 is 4.86. The highest BCUT2D eigenvalue weighted by molar-refractivity contribution is 6.11. The summed E-state index contributed by atoms with van der Waals surface area (Å²) in [7, 11) is 0. The SMILES string of the molecule is Cc1cccc(C)c1-c1ccc2c(c1)c1ccccc1n2-c1cccc(-c2cccc(-c3ccc(N(c4ccccc4)c4ccc5c(c4)C(C)(C)c4cc(-n6c7ccccc7c7ccccc76)ccc4-5)cc3)c2)c1. The molecular weight excluding hydrogens is 895 g/mol. The zero-order valence-corrected chi connectivity index (χ0v) is 42.0. The van der Waals surface area contributed by atoms with Gasteiger partial charge in [0.05, 0.1) is 22.1 Å². The number of nitrogens with zero attached hydrogens (tertiary/aromatic N) is 3. The Morgan fingerprint density at radius 2 is 0.784 bits per heavy atom. The van der Waals surface area contributed by atoms with Crippen molar-refractivity contribution in [2.24, 2.45) is 0 Å². The molecule has 11 aromatic carbocycles. The molecular formula is C71H53N3. The van der Waals surface area contributed by atoms with E-state index in [1.807, 2.05) is 0 Å². The van der Waals surface area contributed by atoms with Crippen molar-refractivity contribution in [1.29, 1.82) is 0 Å². The summed E-state index contributed by atoms with van der Waals surface area (Å²) in [6.07, 6.45) is 0. The van der Waals surface area contributed by atoms with E-state index >= 15 is 0 Å². The second kappa shape index (κ2) is 17.0. The van der Waals surface area contributed by atoms with Crippen molar-refractivity contribution >= 4 is 60.7 Å². The normalized spacial score (nSPS) is 12.7. The third kappa shape index (κ3) is 6.88. The van der Waals surface area contributed by atoms with Gasteiger partial charge >= 0.3 is 0 Å². The van der Waals surface area contributed by atoms with Crippen molar-refractivity contribution in [3.63, 3.8) is 0 Å². The Labute approximate surface area is 432 Å². The molecule has 3 nitrogen and oxygen atoms in total. The summed E-state index contributed by atoms with van der Waals surface area (Å²) in [5.41, 5.74) is 25.5. The molecule has 0 saturated carbocycles. The molecule has 0 amide bonds. The van der Waals surface area contributed by atoms with Gasteiger partial charge in [0.1, 0.15) is 0 Å². The highest BCUT2D eigenvalue weighted by atomic mass is 15.1. The first-order chi connectivity index (χ1) is 36.3. The lowest BCUT2D eigenvalue weighted by Gasteiger charge is -2.28. The maximum atomic E-state index is 2.43. The first-order valence-electron chi connectivity index (χ1n) is 25.8. The molecule has 0 atom stereocenters. The number of rotatable bonds is 8. The molecule has 0 bridgehead atoms. The van der Waals surface area contributed by atoms with Crippen molar-refractivity contribution in [2.45, 2.75) is 33.1 Å². The van der Waals surface area contributed by atoms with Crippen LogP contribution < -0.4 is 4.90 Å². The number of anilines is 3. The van der Waals surface area contributed by atoms with Gasteiger partial charge in [-0.2, -0.15) is 0 Å². The Balaban J connectivity index is 0.788. The molecule has 2 heterocycles. The first-order valence-corrected chi connectivity index (χ1v) is 25.8. The predicted molar refractivity (Wildman–Crippen MR) is 313 cm³/mol. The number of aromatic nitrogens is 2. The van der Waals surface area contributed by atoms with E-state index in [2.05, 4.69) is 290 Å². The molecule has 1 aliphatic rings. The van der Waals surface area contributed by atoms with Crippen LogP contribution in [0.4, 0.5) is 17.1 Å². The van der Waals surface area contributed by atoms with E-state index in [1.54, 1.807) is 0 Å². The second-order valence-electron chi connectivity index (χ2n) is 20.7. The smallest absolute Gasteiger partial charge is 0.0541 e. The molecule has 352 valence electrons. The summed E-state index contributed by atoms with van der Waals surface area (Å²) in [4.78, 5) is 2.40. The molecule has 0 saturated heterocycles. The Morgan fingerprint density at radius 1 is 0.311 bits per heavy atom. The first kappa shape index (κ1) is 43.6. The van der Waals surface area contributed by atoms with Crippen LogP contribution in [-0.2, 0) is 5.41 Å². The maximum Gasteiger partial charge on any atom is 0.0541 e. The Bertz CT molecular complexity index is 4280. The lowest BCUT2D eigenvalue weighted by molar-refractivity contribution is 0.660. The van der Waals surface area contributed by atoms with Gasteiger partial charge in [-0.15, -0.1) is 0 Å². The predicted octanol–water partition coefficient (Wildman–Crippen LogP) is 19.3. The number of aryl methyl sites for hydroxylation is 2. The summed E-state index contributed by atoms with van der Waals surface area (Å²) in [6, 6.07) is 91.9. The minimum absolute atomic E-state index is 0.221. The van der Waals surface area contributed by atoms with Crippen LogP contribution in [0.25, 0.3) is 99.5 Å². The molecule has 0 spiro atoms. The van der Waals surface area contributed by atoms with Gasteiger partial charge in [-0.3, -0.25) is 0 Å². The molecule has 14 rings (SSSR count). The second-order valence-corrected chi connectivity index (χ2v) is 20.7. The topological polar surface area (TPSA) is 13.1 Å². The van der Waals surface area contributed by atoms with Crippen molar-refractivity contribution in [2.75, 3.05) is 4.90 Å². The van der Waals surface area contributed by atoms with E-state index in [9.17, 15) is 0 Å². The molecule has 0 fully saturated rings. The fraction of sp³-hybridized carbons (Fsp3) is 0.0704. The van der Waals surface area contributed by atoms with E-state index in [0.717, 1.165) is 22.7 Å². The zero-order chi connectivity index (χ0) is 49.7. The van der Waals surface area contributed by atoms with Gasteiger partial charge in [0, 0.05) is 55.4 Å². The lowest BCUT2D eigenvalue weighted by atomic mass is 9.82. The average molecular weight is 948 g/mol. The van der Waals surface area contributed by atoms with Crippen LogP contribution in [0.2, 0.25) is 0 Å². The molecule has 13 aromatic rings. The van der Waals surface area contributed by atoms with Crippen LogP contribution in [-0.4, -0.2) is 9.13 Å². The number of benzene rings is 11. The monoisotopic (exact) mass is 947 g/mol. The van der Waals surface area contributed by atoms with E-state index in [0.29, 0.717) is 0 Å². The van der Waals surface area contributed by atoms with Gasteiger partial charge in [-0.1, -0.05) is 166 Å². The van der Waals surface area contributed by atoms with E-state index < -0.39 is 0 Å². The fourth-order valence-corrected chi connectivity index (χ4v) is 12.4. The quantitative estimate of drug-likeness (QED) is 0.148. The number of para-hydroxylation sites is 4. The minimum Gasteiger partial charge on any atom is -0.310 e. The molecule has 0 unspecified atom stereocenters. The molecule has 74 heavy (non-hydrogen) atoms. The van der Waals surface area contributed by atoms with Crippen molar-refractivity contribution < 1.29 is 0 Å². The van der Waals surface area contributed by atoms with Gasteiger partial charge in [0.25, 0.3) is 0 Å². The van der Waals surface area contributed by atoms with Gasteiger partial charge < -0.3 is 14.0 Å². The zero-order valence-electron chi connectivity index (χ0n) is 42.0. The summed E-state index contributed by atoms with van der Waals surface area (Å²) in [5.74, 6) is 0. The van der Waals surface area contributed by atoms with Crippen molar-refractivity contribution in [3.05, 3.63) is 271 Å². The third-order valence-electron chi connectivity index (χ3n) is 16.0. The largest absolute Gasteiger partial charge is 0.310 e. The summed E-state index contributed by atoms with van der Waals surface area (Å²) in [5, 5.41) is 5.07. The molecule has 1 aliphatic carbocycles. The third-order valence-corrected chi connectivity index (χ3v) is 16.0. The van der Waals surface area contributed by atoms with Gasteiger partial charge in [-0.25, -0.2) is 0 Å². The van der Waals surface area contributed by atoms with Crippen LogP contribution in [0.3, 0.4) is 0 Å². The molecule has 0 N–H and O–H groups in total. The Morgan fingerprint density at radius 3 is 1.45 bits per heavy atom. The van der Waals surface area contributed by atoms with E-state index in [4.69, 9.17) is 0 Å².